The number of fused-ring (bicyclic) bond motifs is 2. The lowest BCUT2D eigenvalue weighted by Crippen LogP contribution is -1.94. The van der Waals surface area contributed by atoms with E-state index in [1.54, 1.807) is 0 Å². The number of aryl methyl sites for hydroxylation is 3. The Labute approximate surface area is 247 Å². The van der Waals surface area contributed by atoms with Crippen molar-refractivity contribution in [3.8, 4) is 44.8 Å². The Bertz CT molecular complexity index is 2080. The summed E-state index contributed by atoms with van der Waals surface area (Å²) in [6, 6.07) is 41.7. The van der Waals surface area contributed by atoms with Gasteiger partial charge in [0.15, 0.2) is 0 Å². The van der Waals surface area contributed by atoms with Crippen LogP contribution < -0.4 is 0 Å². The van der Waals surface area contributed by atoms with Crippen LogP contribution in [0.5, 0.6) is 0 Å². The predicted octanol–water partition coefficient (Wildman–Crippen LogP) is 10.6. The zero-order valence-corrected chi connectivity index (χ0v) is 24.2. The summed E-state index contributed by atoms with van der Waals surface area (Å²) in [7, 11) is 0. The van der Waals surface area contributed by atoms with Gasteiger partial charge in [-0.25, -0.2) is 0 Å². The minimum absolute atomic E-state index is 0.993. The molecule has 0 saturated heterocycles. The summed E-state index contributed by atoms with van der Waals surface area (Å²) >= 11 is 0. The second kappa shape index (κ2) is 10.7. The van der Waals surface area contributed by atoms with Crippen LogP contribution in [-0.4, -0.2) is 9.97 Å². The maximum Gasteiger partial charge on any atom is 0.0704 e. The predicted molar refractivity (Wildman–Crippen MR) is 178 cm³/mol. The molecule has 0 aliphatic carbocycles. The van der Waals surface area contributed by atoms with Gasteiger partial charge >= 0.3 is 0 Å². The number of hydrogen-bond donors (Lipinski definition) is 0. The smallest absolute Gasteiger partial charge is 0.0704 e. The van der Waals surface area contributed by atoms with Gasteiger partial charge in [-0.3, -0.25) is 9.97 Å². The van der Waals surface area contributed by atoms with Crippen molar-refractivity contribution in [2.75, 3.05) is 0 Å². The highest BCUT2D eigenvalue weighted by Crippen LogP contribution is 2.45. The number of pyridine rings is 2. The van der Waals surface area contributed by atoms with Crippen molar-refractivity contribution in [2.24, 2.45) is 0 Å². The molecule has 7 aromatic rings. The molecular formula is C40H32N2. The summed E-state index contributed by atoms with van der Waals surface area (Å²) in [5.74, 6) is 0. The van der Waals surface area contributed by atoms with Crippen LogP contribution in [0.4, 0.5) is 0 Å². The van der Waals surface area contributed by atoms with Crippen molar-refractivity contribution >= 4 is 21.5 Å². The molecule has 0 unspecified atom stereocenters. The number of hydrogen-bond acceptors (Lipinski definition) is 2. The van der Waals surface area contributed by atoms with Gasteiger partial charge in [0.1, 0.15) is 0 Å². The van der Waals surface area contributed by atoms with Gasteiger partial charge < -0.3 is 0 Å². The van der Waals surface area contributed by atoms with E-state index in [2.05, 4.69) is 122 Å². The van der Waals surface area contributed by atoms with Crippen LogP contribution in [0.2, 0.25) is 0 Å². The molecule has 0 bridgehead atoms. The highest BCUT2D eigenvalue weighted by molar-refractivity contribution is 6.21. The Hall–Kier alpha value is -5.08. The third-order valence-electron chi connectivity index (χ3n) is 8.41. The Morgan fingerprint density at radius 3 is 1.45 bits per heavy atom. The van der Waals surface area contributed by atoms with Crippen LogP contribution in [-0.2, 0) is 6.42 Å². The molecule has 0 saturated carbocycles. The lowest BCUT2D eigenvalue weighted by molar-refractivity contribution is 1.15. The normalized spacial score (nSPS) is 11.3. The molecule has 2 nitrogen and oxygen atoms in total. The molecule has 0 atom stereocenters. The molecule has 202 valence electrons. The fourth-order valence-corrected chi connectivity index (χ4v) is 6.32. The van der Waals surface area contributed by atoms with Gasteiger partial charge in [-0.15, -0.1) is 0 Å². The third kappa shape index (κ3) is 4.46. The minimum Gasteiger partial charge on any atom is -0.256 e. The van der Waals surface area contributed by atoms with Gasteiger partial charge in [0.2, 0.25) is 0 Å². The molecule has 2 heteroatoms. The van der Waals surface area contributed by atoms with Crippen LogP contribution in [0.15, 0.2) is 128 Å². The van der Waals surface area contributed by atoms with Crippen molar-refractivity contribution in [2.45, 2.75) is 27.2 Å². The maximum absolute atomic E-state index is 4.61. The molecule has 2 heterocycles. The number of benzene rings is 5. The Balaban J connectivity index is 1.49. The molecule has 7 rings (SSSR count). The van der Waals surface area contributed by atoms with Gasteiger partial charge in [0.05, 0.1) is 11.4 Å². The number of rotatable bonds is 5. The molecular weight excluding hydrogens is 508 g/mol. The number of aromatic nitrogens is 2. The second-order valence-electron chi connectivity index (χ2n) is 11.0. The van der Waals surface area contributed by atoms with Crippen molar-refractivity contribution in [3.05, 3.63) is 144 Å². The molecule has 5 aromatic carbocycles. The Kier molecular flexibility index (Phi) is 6.60. The van der Waals surface area contributed by atoms with E-state index in [4.69, 9.17) is 0 Å². The topological polar surface area (TPSA) is 25.8 Å². The Morgan fingerprint density at radius 1 is 0.476 bits per heavy atom. The molecule has 0 spiro atoms. The van der Waals surface area contributed by atoms with Crippen LogP contribution >= 0.6 is 0 Å². The van der Waals surface area contributed by atoms with Crippen molar-refractivity contribution in [1.82, 2.24) is 9.97 Å². The zero-order valence-electron chi connectivity index (χ0n) is 24.2. The largest absolute Gasteiger partial charge is 0.256 e. The van der Waals surface area contributed by atoms with Crippen molar-refractivity contribution < 1.29 is 0 Å². The fourth-order valence-electron chi connectivity index (χ4n) is 6.32. The summed E-state index contributed by atoms with van der Waals surface area (Å²) < 4.78 is 0. The summed E-state index contributed by atoms with van der Waals surface area (Å²) in [6.45, 7) is 6.61. The summed E-state index contributed by atoms with van der Waals surface area (Å²) in [5.41, 5.74) is 13.2. The highest BCUT2D eigenvalue weighted by atomic mass is 14.7. The van der Waals surface area contributed by atoms with E-state index in [1.807, 2.05) is 36.7 Å². The monoisotopic (exact) mass is 540 g/mol. The van der Waals surface area contributed by atoms with Crippen LogP contribution in [0, 0.1) is 13.8 Å². The number of nitrogens with zero attached hydrogens (tertiary/aromatic N) is 2. The minimum atomic E-state index is 0.993. The maximum atomic E-state index is 4.61. The van der Waals surface area contributed by atoms with E-state index in [1.165, 1.54) is 71.6 Å². The van der Waals surface area contributed by atoms with E-state index < -0.39 is 0 Å². The molecule has 0 aliphatic rings. The van der Waals surface area contributed by atoms with Crippen LogP contribution in [0.3, 0.4) is 0 Å². The first-order valence-electron chi connectivity index (χ1n) is 14.6. The first-order chi connectivity index (χ1) is 20.6. The SMILES string of the molecule is CCc1ccc2c(-c3ccc(-c4ccccn4)c(C)c3)c3ccccc3c(-c3ccc(-c4ccccn4)c(C)c3)c2c1. The summed E-state index contributed by atoms with van der Waals surface area (Å²) in [6.07, 6.45) is 4.71. The van der Waals surface area contributed by atoms with Gasteiger partial charge in [-0.05, 0) is 105 Å². The Morgan fingerprint density at radius 2 is 0.976 bits per heavy atom. The van der Waals surface area contributed by atoms with Gasteiger partial charge in [0.25, 0.3) is 0 Å². The van der Waals surface area contributed by atoms with E-state index in [0.29, 0.717) is 0 Å². The molecule has 0 aliphatic heterocycles. The second-order valence-corrected chi connectivity index (χ2v) is 11.0. The lowest BCUT2D eigenvalue weighted by atomic mass is 9.84. The van der Waals surface area contributed by atoms with Gasteiger partial charge in [-0.2, -0.15) is 0 Å². The van der Waals surface area contributed by atoms with Gasteiger partial charge in [-0.1, -0.05) is 97.9 Å². The van der Waals surface area contributed by atoms with E-state index in [-0.39, 0.29) is 0 Å². The van der Waals surface area contributed by atoms with E-state index >= 15 is 0 Å². The first kappa shape index (κ1) is 25.9. The average molecular weight is 541 g/mol. The lowest BCUT2D eigenvalue weighted by Gasteiger charge is -2.20. The van der Waals surface area contributed by atoms with Crippen LogP contribution in [0.1, 0.15) is 23.6 Å². The fraction of sp³-hybridized carbons (Fsp3) is 0.100. The summed E-state index contributed by atoms with van der Waals surface area (Å²) in [5, 5.41) is 5.10. The average Bonchev–Trinajstić information content (AvgIpc) is 3.04. The first-order valence-corrected chi connectivity index (χ1v) is 14.6. The quantitative estimate of drug-likeness (QED) is 0.203. The molecule has 0 fully saturated rings. The standard InChI is InChI=1S/C40H32N2/c1-4-28-15-18-35-36(25-28)40(30-17-20-32(27(3)24-30)38-14-8-10-22-42-38)34-12-6-5-11-33(34)39(35)29-16-19-31(26(2)23-29)37-13-7-9-21-41-37/h5-25H,4H2,1-3H3. The van der Waals surface area contributed by atoms with Gasteiger partial charge in [0, 0.05) is 23.5 Å². The molecule has 0 N–H and O–H groups in total. The van der Waals surface area contributed by atoms with Crippen LogP contribution in [0.25, 0.3) is 66.3 Å². The van der Waals surface area contributed by atoms with E-state index in [0.717, 1.165) is 17.8 Å². The third-order valence-corrected chi connectivity index (χ3v) is 8.41. The van der Waals surface area contributed by atoms with E-state index in [9.17, 15) is 0 Å². The van der Waals surface area contributed by atoms with Crippen molar-refractivity contribution in [1.29, 1.82) is 0 Å². The molecule has 0 amide bonds. The summed E-state index contributed by atoms with van der Waals surface area (Å²) in [4.78, 5) is 9.21. The van der Waals surface area contributed by atoms with Crippen molar-refractivity contribution in [3.63, 3.8) is 0 Å². The molecule has 2 aromatic heterocycles. The molecule has 0 radical (unpaired) electrons. The molecule has 42 heavy (non-hydrogen) atoms. The highest BCUT2D eigenvalue weighted by Gasteiger charge is 2.18. The zero-order chi connectivity index (χ0) is 28.6.